The first kappa shape index (κ1) is 16.0. The van der Waals surface area contributed by atoms with Gasteiger partial charge in [0.25, 0.3) is 5.69 Å². The lowest BCUT2D eigenvalue weighted by Gasteiger charge is -2.16. The van der Waals surface area contributed by atoms with E-state index in [1.807, 2.05) is 6.07 Å². The highest BCUT2D eigenvalue weighted by Gasteiger charge is 2.34. The van der Waals surface area contributed by atoms with Crippen molar-refractivity contribution >= 4 is 29.0 Å². The molecule has 1 aromatic heterocycles. The molecular weight excluding hydrogens is 328 g/mol. The van der Waals surface area contributed by atoms with Crippen LogP contribution in [0.3, 0.4) is 0 Å². The van der Waals surface area contributed by atoms with E-state index in [-0.39, 0.29) is 16.8 Å². The maximum absolute atomic E-state index is 12.6. The van der Waals surface area contributed by atoms with Crippen LogP contribution in [-0.4, -0.2) is 27.6 Å². The van der Waals surface area contributed by atoms with Crippen molar-refractivity contribution in [3.05, 3.63) is 58.3 Å². The minimum Gasteiger partial charge on any atom is -0.311 e. The topological polar surface area (TPSA) is 100 Å². The molecule has 0 bridgehead atoms. The molecule has 0 spiro atoms. The summed E-state index contributed by atoms with van der Waals surface area (Å²) in [7, 11) is 0. The van der Waals surface area contributed by atoms with Gasteiger partial charge in [0, 0.05) is 24.9 Å². The van der Waals surface area contributed by atoms with Crippen LogP contribution in [0.1, 0.15) is 12.0 Å². The predicted molar refractivity (Wildman–Crippen MR) is 88.7 cm³/mol. The molecule has 1 saturated heterocycles. The average molecular weight is 340 g/mol. The number of carbonyl (C=O) groups is 1. The summed E-state index contributed by atoms with van der Waals surface area (Å²) in [6.45, 7) is 0.496. The minimum atomic E-state index is -0.479. The summed E-state index contributed by atoms with van der Waals surface area (Å²) in [6.07, 6.45) is 2.16. The molecule has 8 heteroatoms. The molecule has 1 aliphatic rings. The largest absolute Gasteiger partial charge is 0.311 e. The highest BCUT2D eigenvalue weighted by Crippen LogP contribution is 2.33. The van der Waals surface area contributed by atoms with Gasteiger partial charge in [-0.1, -0.05) is 17.8 Å². The fourth-order valence-electron chi connectivity index (χ4n) is 2.48. The number of amides is 1. The zero-order valence-electron chi connectivity index (χ0n) is 12.5. The first-order valence-corrected chi connectivity index (χ1v) is 8.05. The Labute approximate surface area is 142 Å². The molecule has 0 radical (unpaired) electrons. The maximum Gasteiger partial charge on any atom is 0.271 e. The number of nitriles is 1. The van der Waals surface area contributed by atoms with Crippen LogP contribution in [-0.2, 0) is 4.79 Å². The van der Waals surface area contributed by atoms with Crippen molar-refractivity contribution < 1.29 is 9.72 Å². The molecule has 1 fully saturated rings. The van der Waals surface area contributed by atoms with Gasteiger partial charge >= 0.3 is 0 Å². The fraction of sp³-hybridized carbons (Fsp3) is 0.188. The Bertz CT molecular complexity index is 849. The Kier molecular flexibility index (Phi) is 4.44. The highest BCUT2D eigenvalue weighted by molar-refractivity contribution is 8.00. The Hall–Kier alpha value is -2.92. The van der Waals surface area contributed by atoms with E-state index in [0.29, 0.717) is 29.2 Å². The Morgan fingerprint density at radius 2 is 2.21 bits per heavy atom. The molecular formula is C16H12N4O3S. The van der Waals surface area contributed by atoms with E-state index in [1.165, 1.54) is 23.9 Å². The molecule has 0 aliphatic carbocycles. The number of benzene rings is 1. The molecule has 24 heavy (non-hydrogen) atoms. The lowest BCUT2D eigenvalue weighted by molar-refractivity contribution is -0.384. The number of anilines is 1. The summed E-state index contributed by atoms with van der Waals surface area (Å²) < 4.78 is 0. The summed E-state index contributed by atoms with van der Waals surface area (Å²) in [5.74, 6) is -0.107. The number of hydrogen-bond donors (Lipinski definition) is 0. The summed E-state index contributed by atoms with van der Waals surface area (Å²) in [5.41, 5.74) is 0.976. The summed E-state index contributed by atoms with van der Waals surface area (Å²) >= 11 is 1.31. The van der Waals surface area contributed by atoms with Crippen molar-refractivity contribution in [2.75, 3.05) is 11.4 Å². The van der Waals surface area contributed by atoms with Crippen molar-refractivity contribution in [2.24, 2.45) is 0 Å². The molecule has 3 rings (SSSR count). The Balaban J connectivity index is 1.76. The summed E-state index contributed by atoms with van der Waals surface area (Å²) in [6, 6.07) is 11.4. The third-order valence-corrected chi connectivity index (χ3v) is 4.82. The number of pyridine rings is 1. The number of nitro benzene ring substituents is 1. The second-order valence-corrected chi connectivity index (χ2v) is 6.38. The summed E-state index contributed by atoms with van der Waals surface area (Å²) in [4.78, 5) is 28.7. The lowest BCUT2D eigenvalue weighted by Crippen LogP contribution is -2.28. The van der Waals surface area contributed by atoms with E-state index in [0.717, 1.165) is 0 Å². The van der Waals surface area contributed by atoms with Gasteiger partial charge < -0.3 is 4.90 Å². The van der Waals surface area contributed by atoms with Crippen molar-refractivity contribution in [3.63, 3.8) is 0 Å². The van der Waals surface area contributed by atoms with Crippen LogP contribution in [0.5, 0.6) is 0 Å². The zero-order chi connectivity index (χ0) is 17.1. The monoisotopic (exact) mass is 340 g/mol. The van der Waals surface area contributed by atoms with E-state index in [2.05, 4.69) is 4.98 Å². The van der Waals surface area contributed by atoms with Gasteiger partial charge in [0.15, 0.2) is 0 Å². The van der Waals surface area contributed by atoms with Gasteiger partial charge in [0.05, 0.1) is 32.5 Å². The third kappa shape index (κ3) is 3.21. The van der Waals surface area contributed by atoms with E-state index in [1.54, 1.807) is 35.4 Å². The Morgan fingerprint density at radius 1 is 1.38 bits per heavy atom. The van der Waals surface area contributed by atoms with Crippen LogP contribution in [0, 0.1) is 21.4 Å². The number of hydrogen-bond acceptors (Lipinski definition) is 6. The van der Waals surface area contributed by atoms with Crippen LogP contribution < -0.4 is 4.90 Å². The summed E-state index contributed by atoms with van der Waals surface area (Å²) in [5, 5.41) is 20.1. The van der Waals surface area contributed by atoms with E-state index >= 15 is 0 Å². The van der Waals surface area contributed by atoms with Gasteiger partial charge in [-0.2, -0.15) is 5.26 Å². The highest BCUT2D eigenvalue weighted by atomic mass is 32.2. The van der Waals surface area contributed by atoms with Crippen LogP contribution in [0.15, 0.2) is 47.6 Å². The van der Waals surface area contributed by atoms with E-state index < -0.39 is 4.92 Å². The normalized spacial score (nSPS) is 16.9. The van der Waals surface area contributed by atoms with Crippen LogP contribution >= 0.6 is 11.8 Å². The van der Waals surface area contributed by atoms with Gasteiger partial charge in [0.2, 0.25) is 5.91 Å². The van der Waals surface area contributed by atoms with Crippen LogP contribution in [0.2, 0.25) is 0 Å². The number of rotatable bonds is 4. The second-order valence-electron chi connectivity index (χ2n) is 5.16. The number of nitrogens with zero attached hydrogens (tertiary/aromatic N) is 4. The minimum absolute atomic E-state index is 0.0419. The van der Waals surface area contributed by atoms with Gasteiger partial charge in [0.1, 0.15) is 0 Å². The molecule has 7 nitrogen and oxygen atoms in total. The average Bonchev–Trinajstić information content (AvgIpc) is 2.96. The van der Waals surface area contributed by atoms with Gasteiger partial charge in [-0.15, -0.1) is 0 Å². The lowest BCUT2D eigenvalue weighted by atomic mass is 10.2. The molecule has 0 unspecified atom stereocenters. The van der Waals surface area contributed by atoms with Crippen molar-refractivity contribution in [1.29, 1.82) is 5.26 Å². The number of thioether (sulfide) groups is 1. The van der Waals surface area contributed by atoms with Crippen LogP contribution in [0.25, 0.3) is 0 Å². The Morgan fingerprint density at radius 3 is 2.96 bits per heavy atom. The van der Waals surface area contributed by atoms with Crippen molar-refractivity contribution in [2.45, 2.75) is 16.7 Å². The molecule has 1 atom stereocenters. The predicted octanol–water partition coefficient (Wildman–Crippen LogP) is 2.76. The van der Waals surface area contributed by atoms with Gasteiger partial charge in [-0.05, 0) is 24.6 Å². The molecule has 1 amide bonds. The molecule has 120 valence electrons. The second kappa shape index (κ2) is 6.68. The molecule has 0 saturated carbocycles. The first-order chi connectivity index (χ1) is 11.6. The smallest absolute Gasteiger partial charge is 0.271 e. The van der Waals surface area contributed by atoms with Crippen molar-refractivity contribution in [3.8, 4) is 6.07 Å². The van der Waals surface area contributed by atoms with E-state index in [4.69, 9.17) is 5.26 Å². The quantitative estimate of drug-likeness (QED) is 0.626. The van der Waals surface area contributed by atoms with E-state index in [9.17, 15) is 14.9 Å². The van der Waals surface area contributed by atoms with Gasteiger partial charge in [-0.25, -0.2) is 4.98 Å². The number of nitro groups is 1. The number of carbonyl (C=O) groups excluding carboxylic acids is 1. The third-order valence-electron chi connectivity index (χ3n) is 3.64. The number of aromatic nitrogens is 1. The first-order valence-electron chi connectivity index (χ1n) is 7.17. The molecule has 2 aromatic rings. The van der Waals surface area contributed by atoms with Crippen molar-refractivity contribution in [1.82, 2.24) is 4.98 Å². The standard InChI is InChI=1S/C16H12N4O3S/c17-10-11-4-6-18-15(8-11)24-14-5-7-19(16(14)21)12-2-1-3-13(9-12)20(22)23/h1-4,6,8-9,14H,5,7H2/t14-/m1/s1. The fourth-order valence-corrected chi connectivity index (χ4v) is 3.54. The SMILES string of the molecule is N#Cc1ccnc(S[C@@H]2CCN(c3cccc([N+](=O)[O-])c3)C2=O)c1. The molecule has 1 aromatic carbocycles. The zero-order valence-corrected chi connectivity index (χ0v) is 13.3. The molecule has 1 aliphatic heterocycles. The van der Waals surface area contributed by atoms with Gasteiger partial charge in [-0.3, -0.25) is 14.9 Å². The molecule has 2 heterocycles. The maximum atomic E-state index is 12.6. The van der Waals surface area contributed by atoms with Crippen LogP contribution in [0.4, 0.5) is 11.4 Å². The number of non-ortho nitro benzene ring substituents is 1. The molecule has 0 N–H and O–H groups in total.